The van der Waals surface area contributed by atoms with Crippen LogP contribution in [0.15, 0.2) is 28.0 Å². The number of hydrogen-bond acceptors (Lipinski definition) is 4. The molecule has 0 aromatic heterocycles. The maximum absolute atomic E-state index is 12.1. The van der Waals surface area contributed by atoms with E-state index >= 15 is 0 Å². The fourth-order valence-corrected chi connectivity index (χ4v) is 3.57. The summed E-state index contributed by atoms with van der Waals surface area (Å²) in [7, 11) is -1.73. The smallest absolute Gasteiger partial charge is 0.205 e. The van der Waals surface area contributed by atoms with Crippen LogP contribution in [0.1, 0.15) is 12.5 Å². The van der Waals surface area contributed by atoms with Gasteiger partial charge >= 0.3 is 0 Å². The zero-order chi connectivity index (χ0) is 11.9. The Hall–Kier alpha value is -1.33. The lowest BCUT2D eigenvalue weighted by molar-refractivity contribution is 0.473. The predicted molar refractivity (Wildman–Crippen MR) is 61.8 cm³/mol. The highest BCUT2D eigenvalue weighted by atomic mass is 32.2. The van der Waals surface area contributed by atoms with Crippen LogP contribution in [-0.2, 0) is 9.84 Å². The fourth-order valence-electron chi connectivity index (χ4n) is 1.73. The van der Waals surface area contributed by atoms with Gasteiger partial charge in [-0.3, -0.25) is 0 Å². The van der Waals surface area contributed by atoms with Crippen LogP contribution in [0.4, 0.5) is 0 Å². The number of benzene rings is 1. The zero-order valence-corrected chi connectivity index (χ0v) is 9.88. The van der Waals surface area contributed by atoms with Crippen LogP contribution in [0.3, 0.4) is 0 Å². The van der Waals surface area contributed by atoms with Gasteiger partial charge in [0, 0.05) is 6.04 Å². The van der Waals surface area contributed by atoms with E-state index in [4.69, 9.17) is 0 Å². The zero-order valence-electron chi connectivity index (χ0n) is 9.06. The van der Waals surface area contributed by atoms with Crippen molar-refractivity contribution in [1.29, 1.82) is 0 Å². The van der Waals surface area contributed by atoms with Gasteiger partial charge in [0.2, 0.25) is 9.84 Å². The van der Waals surface area contributed by atoms with E-state index in [2.05, 4.69) is 5.32 Å². The molecule has 1 unspecified atom stereocenters. The second kappa shape index (κ2) is 3.61. The van der Waals surface area contributed by atoms with Crippen molar-refractivity contribution >= 4 is 15.9 Å². The summed E-state index contributed by atoms with van der Waals surface area (Å²) in [6.07, 6.45) is 1.64. The molecule has 86 valence electrons. The average molecular weight is 239 g/mol. The van der Waals surface area contributed by atoms with E-state index in [0.29, 0.717) is 10.5 Å². The average Bonchev–Trinajstić information content (AvgIpc) is 2.50. The molecule has 2 N–H and O–H groups in total. The first kappa shape index (κ1) is 11.2. The molecule has 0 fully saturated rings. The van der Waals surface area contributed by atoms with Crippen LogP contribution in [0, 0.1) is 0 Å². The Balaban J connectivity index is 2.60. The van der Waals surface area contributed by atoms with Crippen molar-refractivity contribution in [2.45, 2.75) is 17.9 Å². The first-order valence-corrected chi connectivity index (χ1v) is 6.42. The highest BCUT2D eigenvalue weighted by molar-refractivity contribution is 7.96. The van der Waals surface area contributed by atoms with Gasteiger partial charge in [0.25, 0.3) is 0 Å². The van der Waals surface area contributed by atoms with Crippen molar-refractivity contribution < 1.29 is 13.5 Å². The Labute approximate surface area is 94.5 Å². The number of phenolic OH excluding ortho intramolecular Hbond substituents is 1. The van der Waals surface area contributed by atoms with E-state index in [9.17, 15) is 13.5 Å². The summed E-state index contributed by atoms with van der Waals surface area (Å²) in [5.41, 5.74) is 0.634. The molecule has 0 radical (unpaired) electrons. The number of aromatic hydroxyl groups is 1. The van der Waals surface area contributed by atoms with Gasteiger partial charge in [0.15, 0.2) is 0 Å². The van der Waals surface area contributed by atoms with Crippen LogP contribution in [0.5, 0.6) is 5.75 Å². The molecule has 1 aliphatic rings. The van der Waals surface area contributed by atoms with E-state index < -0.39 is 9.84 Å². The number of hydrogen-bond donors (Lipinski definition) is 2. The van der Waals surface area contributed by atoms with Gasteiger partial charge in [0.05, 0.1) is 9.80 Å². The monoisotopic (exact) mass is 239 g/mol. The molecular formula is C11H13NO3S. The Morgan fingerprint density at radius 1 is 1.38 bits per heavy atom. The van der Waals surface area contributed by atoms with Crippen molar-refractivity contribution in [1.82, 2.24) is 5.32 Å². The lowest BCUT2D eigenvalue weighted by Crippen LogP contribution is -2.26. The van der Waals surface area contributed by atoms with Crippen LogP contribution in [-0.4, -0.2) is 26.6 Å². The normalized spacial score (nSPS) is 19.0. The predicted octanol–water partition coefficient (Wildman–Crippen LogP) is 1.13. The van der Waals surface area contributed by atoms with E-state index in [1.807, 2.05) is 0 Å². The molecule has 0 saturated heterocycles. The van der Waals surface area contributed by atoms with Crippen molar-refractivity contribution in [2.24, 2.45) is 0 Å². The summed E-state index contributed by atoms with van der Waals surface area (Å²) >= 11 is 0. The van der Waals surface area contributed by atoms with Crippen molar-refractivity contribution in [3.63, 3.8) is 0 Å². The third kappa shape index (κ3) is 1.52. The third-order valence-electron chi connectivity index (χ3n) is 2.75. The minimum atomic E-state index is -3.44. The second-order valence-electron chi connectivity index (χ2n) is 3.78. The number of fused-ring (bicyclic) bond motifs is 1. The molecular weight excluding hydrogens is 226 g/mol. The van der Waals surface area contributed by atoms with E-state index in [1.165, 1.54) is 12.1 Å². The Bertz CT molecular complexity index is 561. The molecule has 1 aliphatic heterocycles. The van der Waals surface area contributed by atoms with Crippen LogP contribution >= 0.6 is 0 Å². The molecule has 0 spiro atoms. The van der Waals surface area contributed by atoms with Gasteiger partial charge in [-0.15, -0.1) is 0 Å². The maximum atomic E-state index is 12.1. The summed E-state index contributed by atoms with van der Waals surface area (Å²) in [6.45, 7) is 1.79. The summed E-state index contributed by atoms with van der Waals surface area (Å²) in [5.74, 6) is -0.0333. The highest BCUT2D eigenvalue weighted by Gasteiger charge is 2.32. The molecule has 1 aromatic carbocycles. The fraction of sp³-hybridized carbons (Fsp3) is 0.273. The number of nitrogens with one attached hydrogen (secondary N) is 1. The molecule has 0 saturated carbocycles. The van der Waals surface area contributed by atoms with Gasteiger partial charge < -0.3 is 10.4 Å². The largest absolute Gasteiger partial charge is 0.508 e. The first-order chi connectivity index (χ1) is 7.46. The SMILES string of the molecule is CNC(C)C1=Cc2ccc(O)cc2S1(=O)=O. The van der Waals surface area contributed by atoms with E-state index in [0.717, 1.165) is 0 Å². The Kier molecular flexibility index (Phi) is 2.52. The lowest BCUT2D eigenvalue weighted by atomic mass is 10.2. The topological polar surface area (TPSA) is 66.4 Å². The number of phenols is 1. The Morgan fingerprint density at radius 2 is 2.06 bits per heavy atom. The van der Waals surface area contributed by atoms with Gasteiger partial charge in [0.1, 0.15) is 5.75 Å². The maximum Gasteiger partial charge on any atom is 0.205 e. The molecule has 1 heterocycles. The molecule has 16 heavy (non-hydrogen) atoms. The number of likely N-dealkylation sites (N-methyl/N-ethyl adjacent to an activating group) is 1. The van der Waals surface area contributed by atoms with Crippen molar-refractivity contribution in [2.75, 3.05) is 7.05 Å². The minimum absolute atomic E-state index is 0.0333. The van der Waals surface area contributed by atoms with Gasteiger partial charge in [-0.2, -0.15) is 0 Å². The van der Waals surface area contributed by atoms with E-state index in [1.54, 1.807) is 26.1 Å². The van der Waals surface area contributed by atoms with E-state index in [-0.39, 0.29) is 16.7 Å². The molecule has 1 atom stereocenters. The third-order valence-corrected chi connectivity index (χ3v) is 4.78. The number of sulfone groups is 1. The van der Waals surface area contributed by atoms with Crippen molar-refractivity contribution in [3.05, 3.63) is 28.7 Å². The summed E-state index contributed by atoms with van der Waals surface area (Å²) < 4.78 is 24.2. The molecule has 5 heteroatoms. The molecule has 0 aliphatic carbocycles. The lowest BCUT2D eigenvalue weighted by Gasteiger charge is -2.11. The molecule has 0 amide bonds. The van der Waals surface area contributed by atoms with Crippen LogP contribution in [0.2, 0.25) is 0 Å². The molecule has 2 rings (SSSR count). The van der Waals surface area contributed by atoms with Gasteiger partial charge in [-0.1, -0.05) is 0 Å². The second-order valence-corrected chi connectivity index (χ2v) is 5.70. The number of rotatable bonds is 2. The van der Waals surface area contributed by atoms with Crippen molar-refractivity contribution in [3.8, 4) is 5.75 Å². The van der Waals surface area contributed by atoms with Gasteiger partial charge in [-0.05, 0) is 43.8 Å². The minimum Gasteiger partial charge on any atom is -0.508 e. The first-order valence-electron chi connectivity index (χ1n) is 4.94. The quantitative estimate of drug-likeness (QED) is 0.812. The molecule has 1 aromatic rings. The highest BCUT2D eigenvalue weighted by Crippen LogP contribution is 2.36. The Morgan fingerprint density at radius 3 is 2.69 bits per heavy atom. The molecule has 0 bridgehead atoms. The summed E-state index contributed by atoms with van der Waals surface area (Å²) in [4.78, 5) is 0.528. The summed E-state index contributed by atoms with van der Waals surface area (Å²) in [6, 6.07) is 4.14. The van der Waals surface area contributed by atoms with Crippen LogP contribution < -0.4 is 5.32 Å². The van der Waals surface area contributed by atoms with Gasteiger partial charge in [-0.25, -0.2) is 8.42 Å². The van der Waals surface area contributed by atoms with Crippen LogP contribution in [0.25, 0.3) is 6.08 Å². The summed E-state index contributed by atoms with van der Waals surface area (Å²) in [5, 5.41) is 12.2. The standard InChI is InChI=1S/C11H13NO3S/c1-7(12-2)10-5-8-3-4-9(13)6-11(8)16(10,14)15/h3-7,12-13H,1-2H3. The molecule has 4 nitrogen and oxygen atoms in total.